The number of methoxy groups -OCH3 is 1. The fourth-order valence-corrected chi connectivity index (χ4v) is 2.39. The van der Waals surface area contributed by atoms with Crippen LogP contribution in [0.3, 0.4) is 0 Å². The minimum atomic E-state index is -0.619. The highest BCUT2D eigenvalue weighted by molar-refractivity contribution is 5.77. The molecule has 6 nitrogen and oxygen atoms in total. The molecule has 1 heterocycles. The molecule has 0 saturated carbocycles. The second kappa shape index (κ2) is 6.58. The topological polar surface area (TPSA) is 77.0 Å². The van der Waals surface area contributed by atoms with Crippen LogP contribution in [0.25, 0.3) is 0 Å². The highest BCUT2D eigenvalue weighted by atomic mass is 16.7. The van der Waals surface area contributed by atoms with Crippen LogP contribution in [-0.2, 0) is 16.1 Å². The van der Waals surface area contributed by atoms with E-state index in [1.165, 1.54) is 19.2 Å². The average Bonchev–Trinajstić information content (AvgIpc) is 3.04. The van der Waals surface area contributed by atoms with Crippen molar-refractivity contribution in [3.8, 4) is 17.2 Å². The SMILES string of the molecule is COC(=O)C(NCc1ccc2c(c1)OCO2)c1ccc(O)cc1. The fourth-order valence-electron chi connectivity index (χ4n) is 2.39. The Morgan fingerprint density at radius 2 is 1.96 bits per heavy atom. The van der Waals surface area contributed by atoms with Gasteiger partial charge in [-0.05, 0) is 35.4 Å². The van der Waals surface area contributed by atoms with E-state index in [0.717, 1.165) is 16.9 Å². The summed E-state index contributed by atoms with van der Waals surface area (Å²) < 4.78 is 15.5. The highest BCUT2D eigenvalue weighted by Gasteiger charge is 2.21. The molecule has 120 valence electrons. The minimum Gasteiger partial charge on any atom is -0.508 e. The third-order valence-corrected chi connectivity index (χ3v) is 3.61. The number of ether oxygens (including phenoxy) is 3. The third kappa shape index (κ3) is 3.37. The van der Waals surface area contributed by atoms with E-state index in [0.29, 0.717) is 12.3 Å². The van der Waals surface area contributed by atoms with Gasteiger partial charge in [0.2, 0.25) is 6.79 Å². The number of esters is 1. The average molecular weight is 315 g/mol. The van der Waals surface area contributed by atoms with Gasteiger partial charge in [0.15, 0.2) is 11.5 Å². The summed E-state index contributed by atoms with van der Waals surface area (Å²) in [5, 5.41) is 12.5. The molecule has 1 aliphatic heterocycles. The van der Waals surface area contributed by atoms with Crippen molar-refractivity contribution in [1.29, 1.82) is 0 Å². The molecule has 0 fully saturated rings. The van der Waals surface area contributed by atoms with Crippen LogP contribution >= 0.6 is 0 Å². The summed E-state index contributed by atoms with van der Waals surface area (Å²) in [6.45, 7) is 0.682. The Hall–Kier alpha value is -2.73. The number of phenolic OH excluding ortho intramolecular Hbond substituents is 1. The van der Waals surface area contributed by atoms with Crippen LogP contribution < -0.4 is 14.8 Å². The van der Waals surface area contributed by atoms with Gasteiger partial charge >= 0.3 is 5.97 Å². The van der Waals surface area contributed by atoms with Crippen LogP contribution in [0.2, 0.25) is 0 Å². The largest absolute Gasteiger partial charge is 0.508 e. The van der Waals surface area contributed by atoms with Gasteiger partial charge in [-0.1, -0.05) is 18.2 Å². The predicted octanol–water partition coefficient (Wildman–Crippen LogP) is 2.12. The molecule has 0 amide bonds. The molecule has 23 heavy (non-hydrogen) atoms. The Balaban J connectivity index is 1.74. The molecular formula is C17H17NO5. The molecule has 2 aromatic carbocycles. The maximum atomic E-state index is 12.0. The van der Waals surface area contributed by atoms with E-state index in [9.17, 15) is 9.90 Å². The lowest BCUT2D eigenvalue weighted by Crippen LogP contribution is -2.29. The number of aromatic hydroxyl groups is 1. The maximum absolute atomic E-state index is 12.0. The number of carbonyl (C=O) groups is 1. The van der Waals surface area contributed by atoms with Crippen molar-refractivity contribution in [3.05, 3.63) is 53.6 Å². The number of nitrogens with one attached hydrogen (secondary N) is 1. The Labute approximate surface area is 133 Å². The van der Waals surface area contributed by atoms with Gasteiger partial charge in [-0.25, -0.2) is 4.79 Å². The van der Waals surface area contributed by atoms with Gasteiger partial charge in [0.1, 0.15) is 11.8 Å². The van der Waals surface area contributed by atoms with Crippen LogP contribution in [0, 0.1) is 0 Å². The molecule has 3 rings (SSSR count). The van der Waals surface area contributed by atoms with Crippen LogP contribution in [0.4, 0.5) is 0 Å². The zero-order valence-corrected chi connectivity index (χ0v) is 12.6. The van der Waals surface area contributed by atoms with E-state index in [4.69, 9.17) is 14.2 Å². The Morgan fingerprint density at radius 3 is 2.70 bits per heavy atom. The molecule has 6 heteroatoms. The molecule has 1 atom stereocenters. The molecule has 0 bridgehead atoms. The molecule has 0 aliphatic carbocycles. The van der Waals surface area contributed by atoms with Crippen molar-refractivity contribution in [2.24, 2.45) is 0 Å². The van der Waals surface area contributed by atoms with Crippen molar-refractivity contribution in [2.45, 2.75) is 12.6 Å². The van der Waals surface area contributed by atoms with Crippen molar-refractivity contribution >= 4 is 5.97 Å². The molecule has 0 radical (unpaired) electrons. The minimum absolute atomic E-state index is 0.146. The van der Waals surface area contributed by atoms with E-state index in [-0.39, 0.29) is 12.5 Å². The van der Waals surface area contributed by atoms with E-state index < -0.39 is 12.0 Å². The standard InChI is InChI=1S/C17H17NO5/c1-21-17(20)16(12-3-5-13(19)6-4-12)18-9-11-2-7-14-15(8-11)23-10-22-14/h2-8,16,18-19H,9-10H2,1H3. The van der Waals surface area contributed by atoms with Gasteiger partial charge in [0.05, 0.1) is 7.11 Å². The number of phenols is 1. The molecule has 1 unspecified atom stereocenters. The van der Waals surface area contributed by atoms with E-state index >= 15 is 0 Å². The lowest BCUT2D eigenvalue weighted by molar-refractivity contribution is -0.143. The molecule has 0 saturated heterocycles. The van der Waals surface area contributed by atoms with Crippen molar-refractivity contribution < 1.29 is 24.1 Å². The Morgan fingerprint density at radius 1 is 1.22 bits per heavy atom. The van der Waals surface area contributed by atoms with Gasteiger partial charge in [0.25, 0.3) is 0 Å². The summed E-state index contributed by atoms with van der Waals surface area (Å²) in [6, 6.07) is 11.4. The first-order valence-electron chi connectivity index (χ1n) is 7.16. The summed E-state index contributed by atoms with van der Waals surface area (Å²) in [4.78, 5) is 12.0. The first-order chi connectivity index (χ1) is 11.2. The first kappa shape index (κ1) is 15.2. The van der Waals surface area contributed by atoms with Gasteiger partial charge in [-0.3, -0.25) is 5.32 Å². The summed E-state index contributed by atoms with van der Waals surface area (Å²) in [5.41, 5.74) is 1.68. The van der Waals surface area contributed by atoms with Crippen molar-refractivity contribution in [3.63, 3.8) is 0 Å². The first-order valence-corrected chi connectivity index (χ1v) is 7.16. The number of hydrogen-bond donors (Lipinski definition) is 2. The normalized spacial score (nSPS) is 13.6. The van der Waals surface area contributed by atoms with Gasteiger partial charge < -0.3 is 19.3 Å². The number of fused-ring (bicyclic) bond motifs is 1. The van der Waals surface area contributed by atoms with E-state index in [2.05, 4.69) is 5.32 Å². The number of rotatable bonds is 5. The van der Waals surface area contributed by atoms with Gasteiger partial charge in [0, 0.05) is 6.54 Å². The highest BCUT2D eigenvalue weighted by Crippen LogP contribution is 2.32. The van der Waals surface area contributed by atoms with E-state index in [1.807, 2.05) is 18.2 Å². The second-order valence-electron chi connectivity index (χ2n) is 5.12. The molecule has 2 N–H and O–H groups in total. The zero-order chi connectivity index (χ0) is 16.2. The molecule has 2 aromatic rings. The van der Waals surface area contributed by atoms with Crippen LogP contribution in [-0.4, -0.2) is 25.0 Å². The smallest absolute Gasteiger partial charge is 0.327 e. The van der Waals surface area contributed by atoms with Gasteiger partial charge in [-0.15, -0.1) is 0 Å². The molecular weight excluding hydrogens is 298 g/mol. The zero-order valence-electron chi connectivity index (χ0n) is 12.6. The van der Waals surface area contributed by atoms with Crippen molar-refractivity contribution in [1.82, 2.24) is 5.32 Å². The van der Waals surface area contributed by atoms with Crippen LogP contribution in [0.5, 0.6) is 17.2 Å². The second-order valence-corrected chi connectivity index (χ2v) is 5.12. The fraction of sp³-hybridized carbons (Fsp3) is 0.235. The number of carbonyl (C=O) groups excluding carboxylic acids is 1. The summed E-state index contributed by atoms with van der Waals surface area (Å²) in [7, 11) is 1.35. The van der Waals surface area contributed by atoms with E-state index in [1.54, 1.807) is 12.1 Å². The lowest BCUT2D eigenvalue weighted by atomic mass is 10.1. The van der Waals surface area contributed by atoms with Crippen LogP contribution in [0.1, 0.15) is 17.2 Å². The van der Waals surface area contributed by atoms with Crippen molar-refractivity contribution in [2.75, 3.05) is 13.9 Å². The summed E-state index contributed by atoms with van der Waals surface area (Å²) in [6.07, 6.45) is 0. The summed E-state index contributed by atoms with van der Waals surface area (Å²) >= 11 is 0. The molecule has 0 aromatic heterocycles. The predicted molar refractivity (Wildman–Crippen MR) is 82.3 cm³/mol. The third-order valence-electron chi connectivity index (χ3n) is 3.61. The Bertz CT molecular complexity index is 699. The molecule has 1 aliphatic rings. The monoisotopic (exact) mass is 315 g/mol. The van der Waals surface area contributed by atoms with Gasteiger partial charge in [-0.2, -0.15) is 0 Å². The summed E-state index contributed by atoms with van der Waals surface area (Å²) in [5.74, 6) is 1.17. The lowest BCUT2D eigenvalue weighted by Gasteiger charge is -2.17. The molecule has 0 spiro atoms. The number of benzene rings is 2. The maximum Gasteiger partial charge on any atom is 0.327 e. The Kier molecular flexibility index (Phi) is 4.34. The quantitative estimate of drug-likeness (QED) is 0.823. The van der Waals surface area contributed by atoms with Crippen LogP contribution in [0.15, 0.2) is 42.5 Å². The number of hydrogen-bond acceptors (Lipinski definition) is 6.